The maximum Gasteiger partial charge on any atom is 0.341 e. The van der Waals surface area contributed by atoms with Crippen molar-refractivity contribution in [1.82, 2.24) is 0 Å². The zero-order chi connectivity index (χ0) is 15.9. The van der Waals surface area contributed by atoms with Gasteiger partial charge in [0, 0.05) is 22.4 Å². The van der Waals surface area contributed by atoms with Gasteiger partial charge in [-0.05, 0) is 12.5 Å². The third-order valence-corrected chi connectivity index (χ3v) is 4.38. The van der Waals surface area contributed by atoms with Gasteiger partial charge in [0.2, 0.25) is 5.91 Å². The first-order chi connectivity index (χ1) is 10.7. The maximum absolute atomic E-state index is 12.4. The van der Waals surface area contributed by atoms with Crippen LogP contribution in [-0.4, -0.2) is 24.4 Å². The van der Waals surface area contributed by atoms with Crippen LogP contribution in [0.4, 0.5) is 5.00 Å². The number of amides is 1. The van der Waals surface area contributed by atoms with Gasteiger partial charge in [0.15, 0.2) is 0 Å². The fourth-order valence-corrected chi connectivity index (χ4v) is 3.27. The van der Waals surface area contributed by atoms with E-state index >= 15 is 0 Å². The number of esters is 1. The summed E-state index contributed by atoms with van der Waals surface area (Å²) in [5.41, 5.74) is 0.430. The molecule has 1 N–H and O–H groups in total. The molecule has 1 aromatic carbocycles. The largest absolute Gasteiger partial charge is 0.462 e. The molecule has 0 aliphatic rings. The normalized spacial score (nSPS) is 10.6. The smallest absolute Gasteiger partial charge is 0.341 e. The van der Waals surface area contributed by atoms with Crippen LogP contribution in [0.15, 0.2) is 24.3 Å². The number of carbonyl (C=O) groups is 2. The van der Waals surface area contributed by atoms with Crippen molar-refractivity contribution in [3.63, 3.8) is 0 Å². The number of anilines is 1. The van der Waals surface area contributed by atoms with E-state index in [0.717, 1.165) is 22.9 Å². The van der Waals surface area contributed by atoms with Crippen LogP contribution < -0.4 is 5.32 Å². The van der Waals surface area contributed by atoms with Crippen LogP contribution in [0.3, 0.4) is 0 Å². The molecule has 1 aromatic heterocycles. The van der Waals surface area contributed by atoms with E-state index in [1.54, 1.807) is 0 Å². The molecule has 2 rings (SSSR count). The van der Waals surface area contributed by atoms with Crippen molar-refractivity contribution in [2.45, 2.75) is 26.2 Å². The molecule has 0 fully saturated rings. The average molecular weight is 340 g/mol. The Morgan fingerprint density at radius 2 is 2.09 bits per heavy atom. The van der Waals surface area contributed by atoms with E-state index in [1.807, 2.05) is 31.2 Å². The van der Waals surface area contributed by atoms with Crippen molar-refractivity contribution < 1.29 is 14.3 Å². The van der Waals surface area contributed by atoms with Gasteiger partial charge < -0.3 is 10.1 Å². The summed E-state index contributed by atoms with van der Waals surface area (Å²) in [5.74, 6) is -0.358. The highest BCUT2D eigenvalue weighted by atomic mass is 35.5. The molecule has 1 heterocycles. The first kappa shape index (κ1) is 16.8. The number of nitrogens with one attached hydrogen (secondary N) is 1. The summed E-state index contributed by atoms with van der Waals surface area (Å²) < 4.78 is 6.24. The molecule has 0 aliphatic carbocycles. The Hall–Kier alpha value is -1.59. The lowest BCUT2D eigenvalue weighted by molar-refractivity contribution is -0.115. The van der Waals surface area contributed by atoms with Crippen LogP contribution in [0.5, 0.6) is 0 Å². The number of rotatable bonds is 7. The van der Waals surface area contributed by atoms with Crippen molar-refractivity contribution in [2.24, 2.45) is 0 Å². The Kier molecular flexibility index (Phi) is 6.21. The van der Waals surface area contributed by atoms with Gasteiger partial charge in [-0.2, -0.15) is 0 Å². The molecule has 22 heavy (non-hydrogen) atoms. The topological polar surface area (TPSA) is 55.4 Å². The minimum absolute atomic E-state index is 0.204. The van der Waals surface area contributed by atoms with Gasteiger partial charge in [0.25, 0.3) is 0 Å². The molecule has 0 saturated carbocycles. The van der Waals surface area contributed by atoms with E-state index in [0.29, 0.717) is 17.2 Å². The molecule has 0 unspecified atom stereocenters. The highest BCUT2D eigenvalue weighted by Crippen LogP contribution is 2.36. The summed E-state index contributed by atoms with van der Waals surface area (Å²) in [6.07, 6.45) is 1.98. The monoisotopic (exact) mass is 339 g/mol. The second-order valence-electron chi connectivity index (χ2n) is 4.78. The molecule has 0 bridgehead atoms. The Balaban J connectivity index is 2.31. The van der Waals surface area contributed by atoms with Crippen molar-refractivity contribution in [3.05, 3.63) is 29.8 Å². The molecular weight excluding hydrogens is 322 g/mol. The molecule has 4 nitrogen and oxygen atoms in total. The van der Waals surface area contributed by atoms with Crippen LogP contribution in [0.25, 0.3) is 10.1 Å². The second-order valence-corrected chi connectivity index (χ2v) is 6.21. The predicted octanol–water partition coefficient (Wildman–Crippen LogP) is 4.43. The summed E-state index contributed by atoms with van der Waals surface area (Å²) in [5, 5.41) is 4.09. The number of ether oxygens (including phenoxy) is 1. The third kappa shape index (κ3) is 3.99. The average Bonchev–Trinajstić information content (AvgIpc) is 2.85. The molecule has 118 valence electrons. The van der Waals surface area contributed by atoms with Crippen LogP contribution in [0.1, 0.15) is 36.5 Å². The number of unbranched alkanes of at least 4 members (excludes halogenated alkanes) is 1. The zero-order valence-electron chi connectivity index (χ0n) is 12.4. The van der Waals surface area contributed by atoms with Gasteiger partial charge in [-0.15, -0.1) is 22.9 Å². The van der Waals surface area contributed by atoms with E-state index in [4.69, 9.17) is 16.3 Å². The highest BCUT2D eigenvalue weighted by molar-refractivity contribution is 7.23. The van der Waals surface area contributed by atoms with Gasteiger partial charge in [-0.3, -0.25) is 4.79 Å². The number of carbonyl (C=O) groups excluding carboxylic acids is 2. The summed E-state index contributed by atoms with van der Waals surface area (Å²) in [7, 11) is 0. The van der Waals surface area contributed by atoms with E-state index in [2.05, 4.69) is 5.32 Å². The molecule has 0 saturated heterocycles. The first-order valence-electron chi connectivity index (χ1n) is 7.21. The number of hydrogen-bond donors (Lipinski definition) is 1. The highest BCUT2D eigenvalue weighted by Gasteiger charge is 2.21. The standard InChI is InChI=1S/C16H18ClNO3S/c1-2-3-10-21-16(20)14-11-6-4-5-7-12(11)22-15(14)18-13(19)8-9-17/h4-7H,2-3,8-10H2,1H3,(H,18,19). The Morgan fingerprint density at radius 3 is 2.82 bits per heavy atom. The maximum atomic E-state index is 12.4. The van der Waals surface area contributed by atoms with Crippen molar-refractivity contribution in [1.29, 1.82) is 0 Å². The Morgan fingerprint density at radius 1 is 1.32 bits per heavy atom. The first-order valence-corrected chi connectivity index (χ1v) is 8.57. The number of hydrogen-bond acceptors (Lipinski definition) is 4. The van der Waals surface area contributed by atoms with E-state index in [1.165, 1.54) is 11.3 Å². The van der Waals surface area contributed by atoms with Gasteiger partial charge in [-0.1, -0.05) is 31.5 Å². The Bertz CT molecular complexity index is 668. The lowest BCUT2D eigenvalue weighted by Gasteiger charge is -2.07. The van der Waals surface area contributed by atoms with Crippen LogP contribution in [0.2, 0.25) is 0 Å². The van der Waals surface area contributed by atoms with Gasteiger partial charge in [-0.25, -0.2) is 4.79 Å². The fourth-order valence-electron chi connectivity index (χ4n) is 1.99. The minimum Gasteiger partial charge on any atom is -0.462 e. The van der Waals surface area contributed by atoms with Gasteiger partial charge in [0.1, 0.15) is 10.6 Å². The fraction of sp³-hybridized carbons (Fsp3) is 0.375. The summed E-state index contributed by atoms with van der Waals surface area (Å²) >= 11 is 6.95. The molecular formula is C16H18ClNO3S. The third-order valence-electron chi connectivity index (χ3n) is 3.11. The SMILES string of the molecule is CCCCOC(=O)c1c(NC(=O)CCCl)sc2ccccc12. The van der Waals surface area contributed by atoms with Crippen LogP contribution in [0, 0.1) is 0 Å². The molecule has 0 radical (unpaired) electrons. The molecule has 2 aromatic rings. The lowest BCUT2D eigenvalue weighted by atomic mass is 10.1. The number of thiophene rings is 1. The van der Waals surface area contributed by atoms with E-state index in [9.17, 15) is 9.59 Å². The zero-order valence-corrected chi connectivity index (χ0v) is 13.9. The summed E-state index contributed by atoms with van der Waals surface area (Å²) in [6, 6.07) is 7.54. The number of benzene rings is 1. The van der Waals surface area contributed by atoms with Crippen LogP contribution >= 0.6 is 22.9 Å². The summed E-state index contributed by atoms with van der Waals surface area (Å²) in [6.45, 7) is 2.42. The number of fused-ring (bicyclic) bond motifs is 1. The molecule has 0 atom stereocenters. The number of alkyl halides is 1. The van der Waals surface area contributed by atoms with Gasteiger partial charge >= 0.3 is 5.97 Å². The van der Waals surface area contributed by atoms with Crippen molar-refractivity contribution in [3.8, 4) is 0 Å². The second kappa shape index (κ2) is 8.15. The summed E-state index contributed by atoms with van der Waals surface area (Å²) in [4.78, 5) is 24.1. The minimum atomic E-state index is -0.396. The van der Waals surface area contributed by atoms with Crippen molar-refractivity contribution >= 4 is 49.9 Å². The number of halogens is 1. The molecule has 1 amide bonds. The van der Waals surface area contributed by atoms with Gasteiger partial charge in [0.05, 0.1) is 6.61 Å². The predicted molar refractivity (Wildman–Crippen MR) is 91.0 cm³/mol. The Labute approximate surface area is 138 Å². The molecule has 0 aliphatic heterocycles. The quantitative estimate of drug-likeness (QED) is 0.461. The molecule has 6 heteroatoms. The molecule has 0 spiro atoms. The van der Waals surface area contributed by atoms with Crippen LogP contribution in [-0.2, 0) is 9.53 Å². The van der Waals surface area contributed by atoms with Crippen molar-refractivity contribution in [2.75, 3.05) is 17.8 Å². The van der Waals surface area contributed by atoms with E-state index in [-0.39, 0.29) is 18.2 Å². The van der Waals surface area contributed by atoms with E-state index < -0.39 is 5.97 Å². The lowest BCUT2D eigenvalue weighted by Crippen LogP contribution is -2.14.